The molecule has 108 valence electrons. The Hall–Kier alpha value is -1.68. The van der Waals surface area contributed by atoms with Crippen molar-refractivity contribution >= 4 is 0 Å². The van der Waals surface area contributed by atoms with E-state index in [1.54, 1.807) is 0 Å². The molecule has 0 aliphatic rings. The smallest absolute Gasteiger partial charge is 0.0921 e. The minimum absolute atomic E-state index is 0.115. The Bertz CT molecular complexity index is 533. The number of nitrogens with one attached hydrogen (secondary N) is 1. The van der Waals surface area contributed by atoms with Gasteiger partial charge in [0.1, 0.15) is 0 Å². The van der Waals surface area contributed by atoms with Crippen molar-refractivity contribution < 1.29 is 0 Å². The molecule has 0 saturated heterocycles. The van der Waals surface area contributed by atoms with Gasteiger partial charge < -0.3 is 5.32 Å². The molecular weight excluding hydrogens is 248 g/mol. The van der Waals surface area contributed by atoms with Crippen molar-refractivity contribution in [3.05, 3.63) is 47.5 Å². The van der Waals surface area contributed by atoms with Crippen LogP contribution in [0.25, 0.3) is 0 Å². The van der Waals surface area contributed by atoms with Gasteiger partial charge in [-0.05, 0) is 50.1 Å². The number of rotatable bonds is 7. The van der Waals surface area contributed by atoms with Gasteiger partial charge >= 0.3 is 0 Å². The number of aromatic nitrogens is 3. The highest BCUT2D eigenvalue weighted by atomic mass is 15.3. The topological polar surface area (TPSA) is 42.7 Å². The van der Waals surface area contributed by atoms with Crippen LogP contribution in [0.2, 0.25) is 0 Å². The molecule has 0 aliphatic carbocycles. The summed E-state index contributed by atoms with van der Waals surface area (Å²) in [4.78, 5) is 4.55. The fraction of sp³-hybridized carbons (Fsp3) is 0.500. The predicted molar refractivity (Wildman–Crippen MR) is 81.6 cm³/mol. The first-order chi connectivity index (χ1) is 9.76. The van der Waals surface area contributed by atoms with E-state index >= 15 is 0 Å². The number of hydrogen-bond donors (Lipinski definition) is 1. The Balaban J connectivity index is 2.33. The summed E-state index contributed by atoms with van der Waals surface area (Å²) in [6.07, 6.45) is 5.94. The molecule has 2 aromatic rings. The van der Waals surface area contributed by atoms with Gasteiger partial charge in [0.05, 0.1) is 17.4 Å². The van der Waals surface area contributed by atoms with Gasteiger partial charge in [0.15, 0.2) is 0 Å². The Labute approximate surface area is 121 Å². The highest BCUT2D eigenvalue weighted by molar-refractivity contribution is 5.25. The molecule has 20 heavy (non-hydrogen) atoms. The van der Waals surface area contributed by atoms with Crippen LogP contribution in [0, 0.1) is 6.92 Å². The van der Waals surface area contributed by atoms with Crippen LogP contribution < -0.4 is 5.32 Å². The van der Waals surface area contributed by atoms with E-state index in [0.29, 0.717) is 0 Å². The molecule has 0 fully saturated rings. The normalized spacial score (nSPS) is 12.6. The van der Waals surface area contributed by atoms with Crippen LogP contribution in [0.4, 0.5) is 0 Å². The minimum atomic E-state index is 0.115. The molecule has 2 aromatic heterocycles. The molecule has 0 aliphatic heterocycles. The molecule has 0 amide bonds. The van der Waals surface area contributed by atoms with Crippen molar-refractivity contribution in [2.75, 3.05) is 6.54 Å². The third-order valence-electron chi connectivity index (χ3n) is 3.31. The third kappa shape index (κ3) is 3.45. The van der Waals surface area contributed by atoms with E-state index in [1.807, 2.05) is 18.5 Å². The second-order valence-electron chi connectivity index (χ2n) is 5.12. The second-order valence-corrected chi connectivity index (χ2v) is 5.12. The summed E-state index contributed by atoms with van der Waals surface area (Å²) in [5, 5.41) is 8.02. The minimum Gasteiger partial charge on any atom is -0.304 e. The first kappa shape index (κ1) is 14.7. The number of hydrogen-bond acceptors (Lipinski definition) is 3. The molecule has 0 aromatic carbocycles. The van der Waals surface area contributed by atoms with Crippen molar-refractivity contribution in [3.8, 4) is 0 Å². The van der Waals surface area contributed by atoms with Gasteiger partial charge in [-0.3, -0.25) is 9.67 Å². The van der Waals surface area contributed by atoms with Gasteiger partial charge in [-0.2, -0.15) is 5.10 Å². The van der Waals surface area contributed by atoms with Gasteiger partial charge in [0.2, 0.25) is 0 Å². The van der Waals surface area contributed by atoms with Crippen LogP contribution in [0.5, 0.6) is 0 Å². The van der Waals surface area contributed by atoms with Gasteiger partial charge in [0, 0.05) is 18.9 Å². The molecule has 1 N–H and O–H groups in total. The van der Waals surface area contributed by atoms with E-state index in [9.17, 15) is 0 Å². The lowest BCUT2D eigenvalue weighted by atomic mass is 10.1. The van der Waals surface area contributed by atoms with Crippen LogP contribution in [-0.2, 0) is 6.54 Å². The quantitative estimate of drug-likeness (QED) is 0.842. The Morgan fingerprint density at radius 3 is 2.75 bits per heavy atom. The average molecular weight is 272 g/mol. The molecule has 4 heteroatoms. The first-order valence-corrected chi connectivity index (χ1v) is 7.43. The highest BCUT2D eigenvalue weighted by Gasteiger charge is 2.18. The molecule has 4 nitrogen and oxygen atoms in total. The molecule has 1 unspecified atom stereocenters. The van der Waals surface area contributed by atoms with Crippen molar-refractivity contribution in [1.82, 2.24) is 20.1 Å². The Morgan fingerprint density at radius 2 is 2.05 bits per heavy atom. The van der Waals surface area contributed by atoms with E-state index in [1.165, 1.54) is 11.3 Å². The molecular formula is C16H24N4. The van der Waals surface area contributed by atoms with Crippen molar-refractivity contribution in [1.29, 1.82) is 0 Å². The summed E-state index contributed by atoms with van der Waals surface area (Å²) in [6.45, 7) is 8.36. The highest BCUT2D eigenvalue weighted by Crippen LogP contribution is 2.21. The predicted octanol–water partition coefficient (Wildman–Crippen LogP) is 3.09. The maximum atomic E-state index is 4.55. The zero-order valence-electron chi connectivity index (χ0n) is 12.6. The van der Waals surface area contributed by atoms with E-state index in [-0.39, 0.29) is 6.04 Å². The molecule has 2 heterocycles. The molecule has 0 spiro atoms. The first-order valence-electron chi connectivity index (χ1n) is 7.43. The van der Waals surface area contributed by atoms with Crippen molar-refractivity contribution in [2.24, 2.45) is 0 Å². The lowest BCUT2D eigenvalue weighted by molar-refractivity contribution is 0.505. The van der Waals surface area contributed by atoms with Gasteiger partial charge in [-0.1, -0.05) is 13.8 Å². The molecule has 0 radical (unpaired) electrons. The van der Waals surface area contributed by atoms with Gasteiger partial charge in [0.25, 0.3) is 0 Å². The maximum Gasteiger partial charge on any atom is 0.0921 e. The SMILES string of the molecule is CCCNC(c1cc(C)ccn1)c1ccnn1CCC. The second kappa shape index (κ2) is 7.20. The molecule has 1 atom stereocenters. The number of aryl methyl sites for hydroxylation is 2. The number of pyridine rings is 1. The third-order valence-corrected chi connectivity index (χ3v) is 3.31. The largest absolute Gasteiger partial charge is 0.304 e. The zero-order valence-corrected chi connectivity index (χ0v) is 12.6. The fourth-order valence-electron chi connectivity index (χ4n) is 2.35. The molecule has 0 saturated carbocycles. The lowest BCUT2D eigenvalue weighted by Crippen LogP contribution is -2.26. The lowest BCUT2D eigenvalue weighted by Gasteiger charge is -2.20. The summed E-state index contributed by atoms with van der Waals surface area (Å²) in [6, 6.07) is 6.39. The van der Waals surface area contributed by atoms with Crippen LogP contribution >= 0.6 is 0 Å². The van der Waals surface area contributed by atoms with Crippen molar-refractivity contribution in [2.45, 2.75) is 46.2 Å². The van der Waals surface area contributed by atoms with E-state index in [0.717, 1.165) is 31.6 Å². The van der Waals surface area contributed by atoms with Crippen LogP contribution in [-0.4, -0.2) is 21.3 Å². The monoisotopic (exact) mass is 272 g/mol. The Morgan fingerprint density at radius 1 is 1.20 bits per heavy atom. The molecule has 0 bridgehead atoms. The fourth-order valence-corrected chi connectivity index (χ4v) is 2.35. The van der Waals surface area contributed by atoms with Crippen molar-refractivity contribution in [3.63, 3.8) is 0 Å². The summed E-state index contributed by atoms with van der Waals surface area (Å²) in [5.41, 5.74) is 3.49. The van der Waals surface area contributed by atoms with Gasteiger partial charge in [-0.15, -0.1) is 0 Å². The molecule has 2 rings (SSSR count). The van der Waals surface area contributed by atoms with Gasteiger partial charge in [-0.25, -0.2) is 0 Å². The summed E-state index contributed by atoms with van der Waals surface area (Å²) in [5.74, 6) is 0. The Kier molecular flexibility index (Phi) is 5.30. The zero-order chi connectivity index (χ0) is 14.4. The summed E-state index contributed by atoms with van der Waals surface area (Å²) < 4.78 is 2.08. The van der Waals surface area contributed by atoms with Crippen LogP contribution in [0.3, 0.4) is 0 Å². The maximum absolute atomic E-state index is 4.55. The van der Waals surface area contributed by atoms with E-state index < -0.39 is 0 Å². The number of nitrogens with zero attached hydrogens (tertiary/aromatic N) is 3. The van der Waals surface area contributed by atoms with E-state index in [4.69, 9.17) is 0 Å². The van der Waals surface area contributed by atoms with Crippen LogP contribution in [0.1, 0.15) is 49.7 Å². The summed E-state index contributed by atoms with van der Waals surface area (Å²) >= 11 is 0. The average Bonchev–Trinajstić information content (AvgIpc) is 2.88. The standard InChI is InChI=1S/C16H24N4/c1-4-8-18-16(14-12-13(3)6-9-17-14)15-7-10-19-20(15)11-5-2/h6-7,9-10,12,16,18H,4-5,8,11H2,1-3H3. The summed E-state index contributed by atoms with van der Waals surface area (Å²) in [7, 11) is 0. The van der Waals surface area contributed by atoms with E-state index in [2.05, 4.69) is 53.0 Å². The van der Waals surface area contributed by atoms with Crippen LogP contribution in [0.15, 0.2) is 30.6 Å².